The highest BCUT2D eigenvalue weighted by Crippen LogP contribution is 2.18. The Balaban J connectivity index is 1.66. The smallest absolute Gasteiger partial charge is 0.242 e. The second-order valence-corrected chi connectivity index (χ2v) is 9.17. The number of imidazole rings is 1. The van der Waals surface area contributed by atoms with E-state index in [0.29, 0.717) is 30.4 Å². The summed E-state index contributed by atoms with van der Waals surface area (Å²) in [7, 11) is -3.75. The highest BCUT2D eigenvalue weighted by molar-refractivity contribution is 7.92. The van der Waals surface area contributed by atoms with Crippen molar-refractivity contribution in [3.05, 3.63) is 78.4 Å². The zero-order valence-corrected chi connectivity index (χ0v) is 17.8. The molecule has 0 aliphatic rings. The van der Waals surface area contributed by atoms with Crippen LogP contribution in [0.4, 0.5) is 5.69 Å². The minimum absolute atomic E-state index is 0.315. The highest BCUT2D eigenvalue weighted by Gasteiger charge is 2.29. The third kappa shape index (κ3) is 5.48. The molecule has 1 aromatic heterocycles. The summed E-state index contributed by atoms with van der Waals surface area (Å²) in [5.41, 5.74) is 1.55. The lowest BCUT2D eigenvalue weighted by Crippen LogP contribution is -2.34. The normalized spacial score (nSPS) is 12.3. The van der Waals surface area contributed by atoms with Gasteiger partial charge in [-0.1, -0.05) is 30.3 Å². The Hall–Kier alpha value is -3.13. The molecule has 3 rings (SSSR count). The van der Waals surface area contributed by atoms with Gasteiger partial charge in [0.2, 0.25) is 5.91 Å². The van der Waals surface area contributed by atoms with E-state index in [-0.39, 0.29) is 5.75 Å². The van der Waals surface area contributed by atoms with Crippen LogP contribution in [0.3, 0.4) is 0 Å². The molecule has 8 heteroatoms. The van der Waals surface area contributed by atoms with Gasteiger partial charge in [0.25, 0.3) is 0 Å². The summed E-state index contributed by atoms with van der Waals surface area (Å²) in [4.78, 5) is 16.7. The summed E-state index contributed by atoms with van der Waals surface area (Å²) >= 11 is 0. The molecule has 3 aromatic rings. The van der Waals surface area contributed by atoms with Gasteiger partial charge in [-0.2, -0.15) is 0 Å². The number of carbonyl (C=O) groups is 1. The maximum Gasteiger partial charge on any atom is 0.242 e. The van der Waals surface area contributed by atoms with Gasteiger partial charge in [-0.3, -0.25) is 4.79 Å². The van der Waals surface area contributed by atoms with E-state index >= 15 is 0 Å². The molecule has 0 bridgehead atoms. The van der Waals surface area contributed by atoms with Gasteiger partial charge in [0.15, 0.2) is 9.84 Å². The molecule has 1 heterocycles. The summed E-state index contributed by atoms with van der Waals surface area (Å²) in [6.45, 7) is 4.33. The van der Waals surface area contributed by atoms with Crippen molar-refractivity contribution in [3.63, 3.8) is 0 Å². The van der Waals surface area contributed by atoms with Gasteiger partial charge in [-0.25, -0.2) is 13.4 Å². The third-order valence-corrected chi connectivity index (χ3v) is 6.62. The molecule has 1 atom stereocenters. The molecule has 0 fully saturated rings. The Morgan fingerprint density at radius 3 is 2.50 bits per heavy atom. The van der Waals surface area contributed by atoms with Crippen molar-refractivity contribution in [3.8, 4) is 5.75 Å². The van der Waals surface area contributed by atoms with E-state index < -0.39 is 21.0 Å². The van der Waals surface area contributed by atoms with Gasteiger partial charge >= 0.3 is 0 Å². The van der Waals surface area contributed by atoms with E-state index in [1.807, 2.05) is 37.3 Å². The SMILES string of the molecule is CCOc1ccc(NC(=O)C(C)S(=O)(=O)Cc2nccn2Cc2ccccc2)cc1. The standard InChI is InChI=1S/C22H25N3O4S/c1-3-29-20-11-9-19(10-12-20)24-22(26)17(2)30(27,28)16-21-23-13-14-25(21)15-18-7-5-4-6-8-18/h4-14,17H,3,15-16H2,1-2H3,(H,24,26). The van der Waals surface area contributed by atoms with E-state index in [1.165, 1.54) is 6.92 Å². The van der Waals surface area contributed by atoms with E-state index in [4.69, 9.17) is 4.74 Å². The molecule has 1 amide bonds. The Morgan fingerprint density at radius 1 is 1.13 bits per heavy atom. The number of aromatic nitrogens is 2. The van der Waals surface area contributed by atoms with Gasteiger partial charge in [0.05, 0.1) is 6.61 Å². The second-order valence-electron chi connectivity index (χ2n) is 6.85. The average Bonchev–Trinajstić information content (AvgIpc) is 3.15. The molecule has 0 spiro atoms. The Bertz CT molecular complexity index is 1080. The summed E-state index contributed by atoms with van der Waals surface area (Å²) in [5, 5.41) is 1.43. The molecule has 0 radical (unpaired) electrons. The molecular formula is C22H25N3O4S. The van der Waals surface area contributed by atoms with E-state index in [2.05, 4.69) is 10.3 Å². The molecule has 1 unspecified atom stereocenters. The Morgan fingerprint density at radius 2 is 1.83 bits per heavy atom. The van der Waals surface area contributed by atoms with E-state index in [0.717, 1.165) is 5.56 Å². The first-order valence-corrected chi connectivity index (χ1v) is 11.4. The molecule has 0 saturated heterocycles. The number of amides is 1. The van der Waals surface area contributed by atoms with Gasteiger partial charge < -0.3 is 14.6 Å². The monoisotopic (exact) mass is 427 g/mol. The molecule has 30 heavy (non-hydrogen) atoms. The highest BCUT2D eigenvalue weighted by atomic mass is 32.2. The first-order valence-electron chi connectivity index (χ1n) is 9.68. The fourth-order valence-corrected chi connectivity index (χ4v) is 4.15. The number of nitrogens with one attached hydrogen (secondary N) is 1. The average molecular weight is 428 g/mol. The summed E-state index contributed by atoms with van der Waals surface area (Å²) in [5.74, 6) is 0.186. The number of hydrogen-bond acceptors (Lipinski definition) is 5. The summed E-state index contributed by atoms with van der Waals surface area (Å²) in [6, 6.07) is 16.5. The molecule has 7 nitrogen and oxygen atoms in total. The van der Waals surface area contributed by atoms with Crippen molar-refractivity contribution in [2.75, 3.05) is 11.9 Å². The van der Waals surface area contributed by atoms with Gasteiger partial charge in [-0.15, -0.1) is 0 Å². The largest absolute Gasteiger partial charge is 0.494 e. The summed E-state index contributed by atoms with van der Waals surface area (Å²) in [6.07, 6.45) is 3.31. The summed E-state index contributed by atoms with van der Waals surface area (Å²) < 4.78 is 32.8. The van der Waals surface area contributed by atoms with Crippen LogP contribution in [0.2, 0.25) is 0 Å². The first-order chi connectivity index (χ1) is 14.4. The molecule has 0 saturated carbocycles. The van der Waals surface area contributed by atoms with Crippen molar-refractivity contribution < 1.29 is 17.9 Å². The van der Waals surface area contributed by atoms with Gasteiger partial charge in [-0.05, 0) is 43.7 Å². The minimum Gasteiger partial charge on any atom is -0.494 e. The minimum atomic E-state index is -3.75. The van der Waals surface area contributed by atoms with Crippen LogP contribution in [0.1, 0.15) is 25.2 Å². The lowest BCUT2D eigenvalue weighted by Gasteiger charge is -2.14. The van der Waals surface area contributed by atoms with Crippen LogP contribution < -0.4 is 10.1 Å². The van der Waals surface area contributed by atoms with Crippen LogP contribution in [0.15, 0.2) is 67.0 Å². The van der Waals surface area contributed by atoms with Crippen LogP contribution in [-0.4, -0.2) is 35.7 Å². The van der Waals surface area contributed by atoms with Crippen molar-refractivity contribution >= 4 is 21.4 Å². The van der Waals surface area contributed by atoms with Crippen molar-refractivity contribution in [1.82, 2.24) is 9.55 Å². The molecular weight excluding hydrogens is 402 g/mol. The number of ether oxygens (including phenoxy) is 1. The predicted octanol–water partition coefficient (Wildman–Crippen LogP) is 3.27. The molecule has 2 aromatic carbocycles. The molecule has 158 valence electrons. The third-order valence-electron chi connectivity index (χ3n) is 4.67. The Kier molecular flexibility index (Phi) is 6.89. The van der Waals surface area contributed by atoms with Gasteiger partial charge in [0.1, 0.15) is 22.6 Å². The zero-order valence-electron chi connectivity index (χ0n) is 17.0. The fraction of sp³-hybridized carbons (Fsp3) is 0.273. The Labute approximate surface area is 176 Å². The van der Waals surface area contributed by atoms with E-state index in [1.54, 1.807) is 41.2 Å². The van der Waals surface area contributed by atoms with Crippen molar-refractivity contribution in [1.29, 1.82) is 0 Å². The number of sulfone groups is 1. The lowest BCUT2D eigenvalue weighted by molar-refractivity contribution is -0.115. The number of anilines is 1. The van der Waals surface area contributed by atoms with Crippen molar-refractivity contribution in [2.45, 2.75) is 31.4 Å². The quantitative estimate of drug-likeness (QED) is 0.566. The zero-order chi connectivity index (χ0) is 21.6. The number of benzene rings is 2. The van der Waals surface area contributed by atoms with Crippen LogP contribution in [0.25, 0.3) is 0 Å². The van der Waals surface area contributed by atoms with Crippen LogP contribution in [0.5, 0.6) is 5.75 Å². The number of rotatable bonds is 9. The van der Waals surface area contributed by atoms with Crippen LogP contribution >= 0.6 is 0 Å². The second kappa shape index (κ2) is 9.58. The topological polar surface area (TPSA) is 90.3 Å². The van der Waals surface area contributed by atoms with Crippen molar-refractivity contribution in [2.24, 2.45) is 0 Å². The van der Waals surface area contributed by atoms with E-state index in [9.17, 15) is 13.2 Å². The molecule has 0 aliphatic carbocycles. The lowest BCUT2D eigenvalue weighted by atomic mass is 10.2. The van der Waals surface area contributed by atoms with Crippen LogP contribution in [0, 0.1) is 0 Å². The maximum atomic E-state index is 12.8. The number of nitrogens with zero attached hydrogens (tertiary/aromatic N) is 2. The molecule has 0 aliphatic heterocycles. The number of carbonyl (C=O) groups excluding carboxylic acids is 1. The predicted molar refractivity (Wildman–Crippen MR) is 116 cm³/mol. The molecule has 1 N–H and O–H groups in total. The number of hydrogen-bond donors (Lipinski definition) is 1. The van der Waals surface area contributed by atoms with Gasteiger partial charge in [0, 0.05) is 24.6 Å². The fourth-order valence-electron chi connectivity index (χ4n) is 2.92. The first kappa shape index (κ1) is 21.6. The maximum absolute atomic E-state index is 12.8. The van der Waals surface area contributed by atoms with Crippen LogP contribution in [-0.2, 0) is 26.9 Å².